The Morgan fingerprint density at radius 2 is 1.97 bits per heavy atom. The number of morpholine rings is 1. The zero-order chi connectivity index (χ0) is 21.1. The first-order chi connectivity index (χ1) is 13.9. The van der Waals surface area contributed by atoms with Crippen LogP contribution in [-0.4, -0.2) is 80.7 Å². The van der Waals surface area contributed by atoms with Crippen LogP contribution in [0.4, 0.5) is 10.5 Å². The first-order valence-electron chi connectivity index (χ1n) is 9.90. The first kappa shape index (κ1) is 22.9. The normalized spacial score (nSPS) is 17.3. The van der Waals surface area contributed by atoms with E-state index in [9.17, 15) is 9.90 Å². The highest BCUT2D eigenvalue weighted by Gasteiger charge is 2.25. The number of methoxy groups -OCH3 is 1. The molecule has 1 saturated heterocycles. The number of aliphatic imine (C=N–C) groups is 1. The zero-order valence-electron chi connectivity index (χ0n) is 17.5. The number of benzene rings is 1. The standard InChI is InChI=1S/C20H33N5O4/c1-4-21-18(23-14-20(2,27)15-25-9-11-29-12-10-25)22-13-16-5-7-17(8-6-16)24-19(26)28-3/h5-8,27H,4,9-15H2,1-3H3,(H,24,26)(H2,21,22,23). The van der Waals surface area contributed by atoms with Gasteiger partial charge in [-0.25, -0.2) is 9.79 Å². The van der Waals surface area contributed by atoms with Crippen LogP contribution in [0.3, 0.4) is 0 Å². The molecule has 0 saturated carbocycles. The maximum Gasteiger partial charge on any atom is 0.411 e. The number of nitrogens with one attached hydrogen (secondary N) is 3. The fourth-order valence-corrected chi connectivity index (χ4v) is 2.95. The molecule has 1 aromatic carbocycles. The number of amides is 1. The Bertz CT molecular complexity index is 657. The van der Waals surface area contributed by atoms with Crippen molar-refractivity contribution in [3.8, 4) is 0 Å². The second-order valence-corrected chi connectivity index (χ2v) is 7.25. The van der Waals surface area contributed by atoms with Crippen LogP contribution in [-0.2, 0) is 16.0 Å². The molecule has 0 bridgehead atoms. The van der Waals surface area contributed by atoms with E-state index >= 15 is 0 Å². The summed E-state index contributed by atoms with van der Waals surface area (Å²) in [5, 5.41) is 19.8. The minimum atomic E-state index is -0.880. The molecule has 4 N–H and O–H groups in total. The molecule has 9 nitrogen and oxygen atoms in total. The maximum atomic E-state index is 11.2. The summed E-state index contributed by atoms with van der Waals surface area (Å²) in [5.41, 5.74) is 0.779. The van der Waals surface area contributed by atoms with Crippen molar-refractivity contribution in [1.29, 1.82) is 0 Å². The zero-order valence-corrected chi connectivity index (χ0v) is 17.5. The maximum absolute atomic E-state index is 11.2. The molecule has 1 unspecified atom stereocenters. The number of guanidine groups is 1. The average Bonchev–Trinajstić information content (AvgIpc) is 2.71. The number of β-amino-alcohol motifs (C(OH)–C–C–N with tert-alkyl or cyclic N) is 1. The summed E-state index contributed by atoms with van der Waals surface area (Å²) in [7, 11) is 1.33. The smallest absolute Gasteiger partial charge is 0.411 e. The van der Waals surface area contributed by atoms with E-state index in [4.69, 9.17) is 4.74 Å². The topological polar surface area (TPSA) is 107 Å². The highest BCUT2D eigenvalue weighted by atomic mass is 16.5. The number of ether oxygens (including phenoxy) is 2. The number of hydrogen-bond acceptors (Lipinski definition) is 6. The van der Waals surface area contributed by atoms with E-state index in [1.165, 1.54) is 7.11 Å². The van der Waals surface area contributed by atoms with Gasteiger partial charge in [0, 0.05) is 38.4 Å². The molecule has 1 aliphatic heterocycles. The van der Waals surface area contributed by atoms with Crippen LogP contribution < -0.4 is 16.0 Å². The lowest BCUT2D eigenvalue weighted by atomic mass is 10.1. The minimum absolute atomic E-state index is 0.387. The van der Waals surface area contributed by atoms with Crippen LogP contribution in [0.25, 0.3) is 0 Å². The number of rotatable bonds is 8. The monoisotopic (exact) mass is 407 g/mol. The van der Waals surface area contributed by atoms with Gasteiger partial charge in [0.2, 0.25) is 0 Å². The van der Waals surface area contributed by atoms with Gasteiger partial charge in [-0.05, 0) is 31.5 Å². The van der Waals surface area contributed by atoms with Crippen molar-refractivity contribution in [3.63, 3.8) is 0 Å². The van der Waals surface area contributed by atoms with E-state index < -0.39 is 11.7 Å². The summed E-state index contributed by atoms with van der Waals surface area (Å²) in [6.07, 6.45) is -0.501. The molecule has 0 aliphatic carbocycles. The van der Waals surface area contributed by atoms with Gasteiger partial charge in [-0.2, -0.15) is 0 Å². The summed E-state index contributed by atoms with van der Waals surface area (Å²) in [6, 6.07) is 7.39. The minimum Gasteiger partial charge on any atom is -0.453 e. The van der Waals surface area contributed by atoms with E-state index in [-0.39, 0.29) is 0 Å². The molecule has 0 spiro atoms. The Balaban J connectivity index is 1.87. The molecule has 162 valence electrons. The number of hydrogen-bond donors (Lipinski definition) is 4. The Kier molecular flexibility index (Phi) is 9.17. The summed E-state index contributed by atoms with van der Waals surface area (Å²) < 4.78 is 9.93. The second kappa shape index (κ2) is 11.6. The lowest BCUT2D eigenvalue weighted by Crippen LogP contribution is -2.52. The Morgan fingerprint density at radius 3 is 2.59 bits per heavy atom. The molecule has 1 aromatic rings. The Hall–Kier alpha value is -2.36. The van der Waals surface area contributed by atoms with Crippen LogP contribution in [0, 0.1) is 0 Å². The molecule has 1 amide bonds. The van der Waals surface area contributed by atoms with Gasteiger partial charge < -0.3 is 25.2 Å². The summed E-state index contributed by atoms with van der Waals surface area (Å²) in [6.45, 7) is 9.08. The van der Waals surface area contributed by atoms with Gasteiger partial charge in [0.1, 0.15) is 0 Å². The van der Waals surface area contributed by atoms with Crippen molar-refractivity contribution in [1.82, 2.24) is 15.5 Å². The van der Waals surface area contributed by atoms with Gasteiger partial charge in [0.05, 0.1) is 32.5 Å². The quantitative estimate of drug-likeness (QED) is 0.376. The molecule has 1 heterocycles. The molecular formula is C20H33N5O4. The van der Waals surface area contributed by atoms with Gasteiger partial charge in [-0.1, -0.05) is 12.1 Å². The van der Waals surface area contributed by atoms with E-state index in [1.54, 1.807) is 12.1 Å². The Morgan fingerprint density at radius 1 is 1.28 bits per heavy atom. The van der Waals surface area contributed by atoms with Crippen LogP contribution in [0.2, 0.25) is 0 Å². The number of anilines is 1. The summed E-state index contributed by atoms with van der Waals surface area (Å²) >= 11 is 0. The number of carbonyl (C=O) groups excluding carboxylic acids is 1. The predicted molar refractivity (Wildman–Crippen MR) is 113 cm³/mol. The summed E-state index contributed by atoms with van der Waals surface area (Å²) in [5.74, 6) is 0.645. The number of carbonyl (C=O) groups is 1. The van der Waals surface area contributed by atoms with Crippen molar-refractivity contribution >= 4 is 17.7 Å². The van der Waals surface area contributed by atoms with Crippen LogP contribution in [0.15, 0.2) is 29.3 Å². The molecule has 29 heavy (non-hydrogen) atoms. The van der Waals surface area contributed by atoms with E-state index in [1.807, 2.05) is 26.0 Å². The number of nitrogens with zero attached hydrogens (tertiary/aromatic N) is 2. The molecular weight excluding hydrogens is 374 g/mol. The Labute approximate surface area is 172 Å². The molecule has 0 aromatic heterocycles. The van der Waals surface area contributed by atoms with Gasteiger partial charge in [0.25, 0.3) is 0 Å². The van der Waals surface area contributed by atoms with Crippen LogP contribution >= 0.6 is 0 Å². The molecule has 2 rings (SSSR count). The third-order valence-corrected chi connectivity index (χ3v) is 4.45. The van der Waals surface area contributed by atoms with Crippen molar-refractivity contribution in [3.05, 3.63) is 29.8 Å². The van der Waals surface area contributed by atoms with Gasteiger partial charge >= 0.3 is 6.09 Å². The van der Waals surface area contributed by atoms with Gasteiger partial charge in [0.15, 0.2) is 5.96 Å². The van der Waals surface area contributed by atoms with E-state index in [0.29, 0.717) is 44.5 Å². The van der Waals surface area contributed by atoms with Crippen LogP contribution in [0.5, 0.6) is 0 Å². The highest BCUT2D eigenvalue weighted by Crippen LogP contribution is 2.11. The molecule has 1 atom stereocenters. The molecule has 1 aliphatic rings. The SMILES string of the molecule is CCNC(=NCc1ccc(NC(=O)OC)cc1)NCC(C)(O)CN1CCOCC1. The lowest BCUT2D eigenvalue weighted by molar-refractivity contribution is -0.0201. The van der Waals surface area contributed by atoms with Gasteiger partial charge in [-0.15, -0.1) is 0 Å². The largest absolute Gasteiger partial charge is 0.453 e. The van der Waals surface area contributed by atoms with E-state index in [2.05, 4.69) is 30.6 Å². The first-order valence-corrected chi connectivity index (χ1v) is 9.90. The molecule has 9 heteroatoms. The van der Waals surface area contributed by atoms with E-state index in [0.717, 1.165) is 25.2 Å². The molecule has 1 fully saturated rings. The third-order valence-electron chi connectivity index (χ3n) is 4.45. The van der Waals surface area contributed by atoms with Crippen molar-refractivity contribution < 1.29 is 19.4 Å². The lowest BCUT2D eigenvalue weighted by Gasteiger charge is -2.34. The average molecular weight is 408 g/mol. The van der Waals surface area contributed by atoms with Crippen LogP contribution in [0.1, 0.15) is 19.4 Å². The summed E-state index contributed by atoms with van der Waals surface area (Å²) in [4.78, 5) is 18.0. The fourth-order valence-electron chi connectivity index (χ4n) is 2.95. The van der Waals surface area contributed by atoms with Crippen molar-refractivity contribution in [2.24, 2.45) is 4.99 Å². The van der Waals surface area contributed by atoms with Crippen molar-refractivity contribution in [2.75, 3.05) is 58.4 Å². The highest BCUT2D eigenvalue weighted by molar-refractivity contribution is 5.84. The molecule has 0 radical (unpaired) electrons. The van der Waals surface area contributed by atoms with Crippen molar-refractivity contribution in [2.45, 2.75) is 26.0 Å². The second-order valence-electron chi connectivity index (χ2n) is 7.25. The fraction of sp³-hybridized carbons (Fsp3) is 0.600. The third kappa shape index (κ3) is 8.68. The predicted octanol–water partition coefficient (Wildman–Crippen LogP) is 1.00. The number of aliphatic hydroxyl groups is 1. The van der Waals surface area contributed by atoms with Gasteiger partial charge in [-0.3, -0.25) is 10.2 Å².